The van der Waals surface area contributed by atoms with Crippen LogP contribution < -0.4 is 0 Å². The van der Waals surface area contributed by atoms with Crippen molar-refractivity contribution in [1.82, 2.24) is 0 Å². The van der Waals surface area contributed by atoms with Gasteiger partial charge in [-0.2, -0.15) is 0 Å². The van der Waals surface area contributed by atoms with Crippen LogP contribution in [-0.2, 0) is 9.53 Å². The maximum Gasteiger partial charge on any atom is 0.162 e. The third kappa shape index (κ3) is 2.60. The third-order valence-electron chi connectivity index (χ3n) is 6.34. The summed E-state index contributed by atoms with van der Waals surface area (Å²) in [6.07, 6.45) is 9.95. The van der Waals surface area contributed by atoms with Gasteiger partial charge in [0.2, 0.25) is 0 Å². The maximum absolute atomic E-state index is 12.7. The Morgan fingerprint density at radius 3 is 2.68 bits per heavy atom. The Kier molecular flexibility index (Phi) is 3.87. The minimum Gasteiger partial charge on any atom is -0.366 e. The lowest BCUT2D eigenvalue weighted by Gasteiger charge is -2.33. The number of fused-ring (bicyclic) bond motifs is 2. The van der Waals surface area contributed by atoms with E-state index in [1.165, 1.54) is 11.1 Å². The van der Waals surface area contributed by atoms with Crippen LogP contribution >= 0.6 is 0 Å². The highest BCUT2D eigenvalue weighted by Gasteiger charge is 2.53. The standard InChI is InChI=1S/C20H30O2/c1-13(2)15-12-17(21)19(4)10-8-14(3)6-7-18-20(5,22-18)11-9-16(15)19/h8,12-13,16,18H,6-7,9-11H2,1-5H3/b14-8+/t16-,18-,19+,20-/m0/s1. The molecule has 0 N–H and O–H groups in total. The minimum absolute atomic E-state index is 0.0548. The second-order valence-electron chi connectivity index (χ2n) is 8.38. The highest BCUT2D eigenvalue weighted by molar-refractivity contribution is 5.98. The van der Waals surface area contributed by atoms with Crippen LogP contribution in [0.2, 0.25) is 0 Å². The van der Waals surface area contributed by atoms with E-state index < -0.39 is 0 Å². The number of epoxide rings is 1. The minimum atomic E-state index is -0.244. The number of hydrogen-bond acceptors (Lipinski definition) is 2. The van der Waals surface area contributed by atoms with Crippen LogP contribution in [-0.4, -0.2) is 17.5 Å². The fraction of sp³-hybridized carbons (Fsp3) is 0.750. The highest BCUT2D eigenvalue weighted by atomic mass is 16.6. The van der Waals surface area contributed by atoms with Gasteiger partial charge < -0.3 is 4.74 Å². The van der Waals surface area contributed by atoms with Gasteiger partial charge in [-0.25, -0.2) is 0 Å². The lowest BCUT2D eigenvalue weighted by molar-refractivity contribution is -0.123. The van der Waals surface area contributed by atoms with E-state index in [0.717, 1.165) is 32.1 Å². The van der Waals surface area contributed by atoms with E-state index in [1.807, 2.05) is 6.08 Å². The van der Waals surface area contributed by atoms with E-state index in [2.05, 4.69) is 40.7 Å². The molecule has 3 aliphatic rings. The number of allylic oxidation sites excluding steroid dienone is 4. The molecule has 0 saturated carbocycles. The van der Waals surface area contributed by atoms with Crippen molar-refractivity contribution in [2.45, 2.75) is 78.4 Å². The molecule has 22 heavy (non-hydrogen) atoms. The Labute approximate surface area is 135 Å². The summed E-state index contributed by atoms with van der Waals surface area (Å²) in [4.78, 5) is 12.7. The van der Waals surface area contributed by atoms with Crippen molar-refractivity contribution in [3.8, 4) is 0 Å². The van der Waals surface area contributed by atoms with E-state index in [9.17, 15) is 4.79 Å². The average molecular weight is 302 g/mol. The first-order valence-corrected chi connectivity index (χ1v) is 8.85. The Morgan fingerprint density at radius 2 is 2.00 bits per heavy atom. The summed E-state index contributed by atoms with van der Waals surface area (Å²) in [5.41, 5.74) is 2.58. The number of hydrogen-bond donors (Lipinski definition) is 0. The van der Waals surface area contributed by atoms with Crippen molar-refractivity contribution in [3.05, 3.63) is 23.3 Å². The number of carbonyl (C=O) groups is 1. The molecular weight excluding hydrogens is 272 g/mol. The van der Waals surface area contributed by atoms with Gasteiger partial charge in [-0.1, -0.05) is 38.0 Å². The van der Waals surface area contributed by atoms with Gasteiger partial charge in [-0.3, -0.25) is 4.79 Å². The second-order valence-corrected chi connectivity index (χ2v) is 8.38. The topological polar surface area (TPSA) is 29.6 Å². The molecule has 2 aliphatic carbocycles. The summed E-state index contributed by atoms with van der Waals surface area (Å²) >= 11 is 0. The van der Waals surface area contributed by atoms with Crippen molar-refractivity contribution >= 4 is 5.78 Å². The van der Waals surface area contributed by atoms with Gasteiger partial charge in [-0.05, 0) is 63.9 Å². The van der Waals surface area contributed by atoms with Crippen molar-refractivity contribution in [2.24, 2.45) is 17.3 Å². The number of carbonyl (C=O) groups excluding carboxylic acids is 1. The van der Waals surface area contributed by atoms with Gasteiger partial charge in [0.1, 0.15) is 0 Å². The van der Waals surface area contributed by atoms with Gasteiger partial charge in [0.15, 0.2) is 5.78 Å². The molecule has 3 rings (SSSR count). The van der Waals surface area contributed by atoms with E-state index >= 15 is 0 Å². The van der Waals surface area contributed by atoms with E-state index in [0.29, 0.717) is 23.7 Å². The average Bonchev–Trinajstić information content (AvgIpc) is 3.03. The molecule has 0 unspecified atom stereocenters. The fourth-order valence-corrected chi connectivity index (χ4v) is 4.41. The lowest BCUT2D eigenvalue weighted by atomic mass is 9.69. The Bertz CT molecular complexity index is 542. The number of ketones is 1. The van der Waals surface area contributed by atoms with Crippen LogP contribution in [0, 0.1) is 17.3 Å². The van der Waals surface area contributed by atoms with Crippen LogP contribution in [0.4, 0.5) is 0 Å². The summed E-state index contributed by atoms with van der Waals surface area (Å²) in [6.45, 7) is 11.1. The van der Waals surface area contributed by atoms with Crippen LogP contribution in [0.15, 0.2) is 23.3 Å². The van der Waals surface area contributed by atoms with Crippen molar-refractivity contribution < 1.29 is 9.53 Å². The van der Waals surface area contributed by atoms with Crippen molar-refractivity contribution in [2.75, 3.05) is 0 Å². The van der Waals surface area contributed by atoms with Gasteiger partial charge in [0, 0.05) is 5.41 Å². The molecule has 0 aromatic rings. The second kappa shape index (κ2) is 5.33. The van der Waals surface area contributed by atoms with Gasteiger partial charge >= 0.3 is 0 Å². The normalized spacial score (nSPS) is 44.5. The lowest BCUT2D eigenvalue weighted by Crippen LogP contribution is -2.32. The SMILES string of the molecule is C/C1=C\C[C@@]2(C)C(=O)C=C(C(C)C)[C@@H]2CC[C@]2(C)O[C@H]2CC1. The number of rotatable bonds is 1. The van der Waals surface area contributed by atoms with Crippen LogP contribution in [0.25, 0.3) is 0 Å². The Balaban J connectivity index is 1.92. The molecule has 4 atom stereocenters. The van der Waals surface area contributed by atoms with Crippen LogP contribution in [0.5, 0.6) is 0 Å². The molecule has 122 valence electrons. The molecule has 0 radical (unpaired) electrons. The molecule has 0 aromatic heterocycles. The van der Waals surface area contributed by atoms with Crippen molar-refractivity contribution in [1.29, 1.82) is 0 Å². The summed E-state index contributed by atoms with van der Waals surface area (Å²) in [7, 11) is 0. The Morgan fingerprint density at radius 1 is 1.27 bits per heavy atom. The van der Waals surface area contributed by atoms with Gasteiger partial charge in [0.05, 0.1) is 11.7 Å². The Hall–Kier alpha value is -0.890. The zero-order valence-electron chi connectivity index (χ0n) is 14.7. The molecule has 0 bridgehead atoms. The fourth-order valence-electron chi connectivity index (χ4n) is 4.41. The van der Waals surface area contributed by atoms with Gasteiger partial charge in [-0.15, -0.1) is 0 Å². The van der Waals surface area contributed by atoms with E-state index in [-0.39, 0.29) is 11.0 Å². The zero-order valence-corrected chi connectivity index (χ0v) is 14.7. The first-order chi connectivity index (χ1) is 10.3. The molecule has 1 aliphatic heterocycles. The molecule has 0 spiro atoms. The highest BCUT2D eigenvalue weighted by Crippen LogP contribution is 2.52. The quantitative estimate of drug-likeness (QED) is 0.512. The molecule has 0 amide bonds. The van der Waals surface area contributed by atoms with E-state index in [4.69, 9.17) is 4.74 Å². The summed E-state index contributed by atoms with van der Waals surface area (Å²) in [5, 5.41) is 0. The number of ether oxygens (including phenoxy) is 1. The van der Waals surface area contributed by atoms with Crippen LogP contribution in [0.1, 0.15) is 66.7 Å². The zero-order chi connectivity index (χ0) is 16.1. The predicted octanol–water partition coefficient (Wildman–Crippen LogP) is 4.84. The summed E-state index contributed by atoms with van der Waals surface area (Å²) < 4.78 is 6.00. The smallest absolute Gasteiger partial charge is 0.162 e. The molecule has 0 aromatic carbocycles. The van der Waals surface area contributed by atoms with Crippen LogP contribution in [0.3, 0.4) is 0 Å². The first kappa shape index (κ1) is 16.0. The first-order valence-electron chi connectivity index (χ1n) is 8.85. The summed E-state index contributed by atoms with van der Waals surface area (Å²) in [6, 6.07) is 0. The van der Waals surface area contributed by atoms with Gasteiger partial charge in [0.25, 0.3) is 0 Å². The molecule has 1 fully saturated rings. The molecule has 1 saturated heterocycles. The van der Waals surface area contributed by atoms with Crippen molar-refractivity contribution in [3.63, 3.8) is 0 Å². The predicted molar refractivity (Wildman–Crippen MR) is 89.6 cm³/mol. The molecule has 2 nitrogen and oxygen atoms in total. The summed E-state index contributed by atoms with van der Waals surface area (Å²) in [5.74, 6) is 1.17. The monoisotopic (exact) mass is 302 g/mol. The maximum atomic E-state index is 12.7. The largest absolute Gasteiger partial charge is 0.366 e. The van der Waals surface area contributed by atoms with E-state index in [1.54, 1.807) is 0 Å². The molecular formula is C20H30O2. The third-order valence-corrected chi connectivity index (χ3v) is 6.34. The molecule has 2 heteroatoms. The molecule has 1 heterocycles.